The minimum Gasteiger partial charge on any atom is -0.476 e. The van der Waals surface area contributed by atoms with Crippen LogP contribution in [0.3, 0.4) is 0 Å². The van der Waals surface area contributed by atoms with Gasteiger partial charge in [0.2, 0.25) is 0 Å². The molecule has 0 aromatic carbocycles. The van der Waals surface area contributed by atoms with E-state index in [9.17, 15) is 4.79 Å². The number of rotatable bonds is 3. The standard InChI is InChI=1S/C11H17N3O2/c1-3-13-6-5-8-9(7-13)14(4-2)12-10(8)11(15)16/h3-7H2,1-2H3,(H,15,16). The molecule has 0 saturated heterocycles. The van der Waals surface area contributed by atoms with Crippen LogP contribution in [0, 0.1) is 0 Å². The molecule has 1 N–H and O–H groups in total. The van der Waals surface area contributed by atoms with Gasteiger partial charge < -0.3 is 5.11 Å². The van der Waals surface area contributed by atoms with E-state index in [1.807, 2.05) is 11.6 Å². The Balaban J connectivity index is 2.42. The van der Waals surface area contributed by atoms with Crippen LogP contribution >= 0.6 is 0 Å². The lowest BCUT2D eigenvalue weighted by molar-refractivity contribution is 0.0688. The topological polar surface area (TPSA) is 58.4 Å². The highest BCUT2D eigenvalue weighted by molar-refractivity contribution is 5.87. The van der Waals surface area contributed by atoms with E-state index in [1.165, 1.54) is 0 Å². The number of carbonyl (C=O) groups is 1. The molecule has 88 valence electrons. The lowest BCUT2D eigenvalue weighted by atomic mass is 10.0. The van der Waals surface area contributed by atoms with Gasteiger partial charge in [-0.25, -0.2) is 4.79 Å². The summed E-state index contributed by atoms with van der Waals surface area (Å²) in [6, 6.07) is 0. The number of likely N-dealkylation sites (N-methyl/N-ethyl adjacent to an activating group) is 1. The summed E-state index contributed by atoms with van der Waals surface area (Å²) in [6.07, 6.45) is 0.796. The lowest BCUT2D eigenvalue weighted by Gasteiger charge is -2.26. The third kappa shape index (κ3) is 1.71. The van der Waals surface area contributed by atoms with Gasteiger partial charge in [0.25, 0.3) is 0 Å². The monoisotopic (exact) mass is 223 g/mol. The highest BCUT2D eigenvalue weighted by Crippen LogP contribution is 2.22. The van der Waals surface area contributed by atoms with Crippen molar-refractivity contribution >= 4 is 5.97 Å². The zero-order valence-electron chi connectivity index (χ0n) is 9.73. The second-order valence-electron chi connectivity index (χ2n) is 4.01. The van der Waals surface area contributed by atoms with Crippen LogP contribution in [0.15, 0.2) is 0 Å². The second kappa shape index (κ2) is 4.25. The predicted octanol–water partition coefficient (Wildman–Crippen LogP) is 0.979. The van der Waals surface area contributed by atoms with Gasteiger partial charge in [-0.15, -0.1) is 0 Å². The Labute approximate surface area is 94.7 Å². The van der Waals surface area contributed by atoms with E-state index in [2.05, 4.69) is 16.9 Å². The third-order valence-corrected chi connectivity index (χ3v) is 3.17. The summed E-state index contributed by atoms with van der Waals surface area (Å²) in [6.45, 7) is 7.59. The van der Waals surface area contributed by atoms with Crippen molar-refractivity contribution in [2.45, 2.75) is 33.4 Å². The van der Waals surface area contributed by atoms with Crippen LogP contribution in [-0.2, 0) is 19.5 Å². The molecular weight excluding hydrogens is 206 g/mol. The molecule has 2 heterocycles. The molecule has 0 radical (unpaired) electrons. The zero-order chi connectivity index (χ0) is 11.7. The molecule has 1 aliphatic heterocycles. The summed E-state index contributed by atoms with van der Waals surface area (Å²) in [5.41, 5.74) is 2.25. The number of aromatic carboxylic acids is 1. The predicted molar refractivity (Wildman–Crippen MR) is 59.5 cm³/mol. The molecule has 0 aliphatic carbocycles. The number of aromatic nitrogens is 2. The number of aryl methyl sites for hydroxylation is 1. The summed E-state index contributed by atoms with van der Waals surface area (Å²) in [5.74, 6) is -0.909. The van der Waals surface area contributed by atoms with Crippen LogP contribution in [-0.4, -0.2) is 38.8 Å². The molecule has 1 aliphatic rings. The van der Waals surface area contributed by atoms with Gasteiger partial charge in [-0.1, -0.05) is 6.92 Å². The van der Waals surface area contributed by atoms with Gasteiger partial charge in [0.05, 0.1) is 5.69 Å². The molecule has 0 atom stereocenters. The fourth-order valence-corrected chi connectivity index (χ4v) is 2.24. The summed E-state index contributed by atoms with van der Waals surface area (Å²) < 4.78 is 1.82. The Morgan fingerprint density at radius 2 is 2.19 bits per heavy atom. The first-order chi connectivity index (χ1) is 7.67. The summed E-state index contributed by atoms with van der Waals surface area (Å²) in [7, 11) is 0. The average molecular weight is 223 g/mol. The van der Waals surface area contributed by atoms with E-state index >= 15 is 0 Å². The SMILES string of the molecule is CCN1CCc2c(C(=O)O)nn(CC)c2C1. The van der Waals surface area contributed by atoms with Crippen LogP contribution in [0.2, 0.25) is 0 Å². The van der Waals surface area contributed by atoms with Crippen molar-refractivity contribution in [3.8, 4) is 0 Å². The van der Waals surface area contributed by atoms with Crippen LogP contribution in [0.4, 0.5) is 0 Å². The quantitative estimate of drug-likeness (QED) is 0.829. The highest BCUT2D eigenvalue weighted by Gasteiger charge is 2.26. The van der Waals surface area contributed by atoms with E-state index in [4.69, 9.17) is 5.11 Å². The fourth-order valence-electron chi connectivity index (χ4n) is 2.24. The summed E-state index contributed by atoms with van der Waals surface area (Å²) in [5, 5.41) is 13.3. The molecule has 0 spiro atoms. The molecule has 0 saturated carbocycles. The van der Waals surface area contributed by atoms with E-state index < -0.39 is 5.97 Å². The Morgan fingerprint density at radius 1 is 1.44 bits per heavy atom. The Hall–Kier alpha value is -1.36. The van der Waals surface area contributed by atoms with Crippen molar-refractivity contribution in [3.05, 3.63) is 17.0 Å². The van der Waals surface area contributed by atoms with E-state index in [1.54, 1.807) is 0 Å². The van der Waals surface area contributed by atoms with Gasteiger partial charge in [-0.3, -0.25) is 9.58 Å². The molecule has 0 amide bonds. The van der Waals surface area contributed by atoms with Crippen molar-refractivity contribution in [1.82, 2.24) is 14.7 Å². The van der Waals surface area contributed by atoms with Gasteiger partial charge in [0, 0.05) is 25.2 Å². The zero-order valence-corrected chi connectivity index (χ0v) is 9.73. The smallest absolute Gasteiger partial charge is 0.356 e. The molecule has 2 rings (SSSR count). The minimum atomic E-state index is -0.909. The van der Waals surface area contributed by atoms with Gasteiger partial charge in [-0.05, 0) is 19.9 Å². The van der Waals surface area contributed by atoms with Crippen molar-refractivity contribution in [2.24, 2.45) is 0 Å². The number of carboxylic acid groups (broad SMARTS) is 1. The van der Waals surface area contributed by atoms with Gasteiger partial charge >= 0.3 is 5.97 Å². The maximum absolute atomic E-state index is 11.1. The minimum absolute atomic E-state index is 0.243. The number of hydrogen-bond donors (Lipinski definition) is 1. The maximum atomic E-state index is 11.1. The average Bonchev–Trinajstić information content (AvgIpc) is 2.66. The van der Waals surface area contributed by atoms with Gasteiger partial charge in [0.1, 0.15) is 0 Å². The van der Waals surface area contributed by atoms with E-state index in [0.29, 0.717) is 0 Å². The highest BCUT2D eigenvalue weighted by atomic mass is 16.4. The first-order valence-corrected chi connectivity index (χ1v) is 5.71. The van der Waals surface area contributed by atoms with Gasteiger partial charge in [-0.2, -0.15) is 5.10 Å². The molecule has 0 fully saturated rings. The molecule has 1 aromatic rings. The Morgan fingerprint density at radius 3 is 2.75 bits per heavy atom. The molecule has 0 bridgehead atoms. The van der Waals surface area contributed by atoms with Gasteiger partial charge in [0.15, 0.2) is 5.69 Å². The number of hydrogen-bond acceptors (Lipinski definition) is 3. The van der Waals surface area contributed by atoms with Crippen LogP contribution in [0.5, 0.6) is 0 Å². The van der Waals surface area contributed by atoms with Crippen molar-refractivity contribution < 1.29 is 9.90 Å². The van der Waals surface area contributed by atoms with Crippen LogP contribution in [0.25, 0.3) is 0 Å². The Kier molecular flexibility index (Phi) is 2.96. The first kappa shape index (κ1) is 11.1. The van der Waals surface area contributed by atoms with E-state index in [-0.39, 0.29) is 5.69 Å². The normalized spacial score (nSPS) is 16.1. The Bertz CT molecular complexity index is 412. The first-order valence-electron chi connectivity index (χ1n) is 5.71. The fraction of sp³-hybridized carbons (Fsp3) is 0.636. The second-order valence-corrected chi connectivity index (χ2v) is 4.01. The van der Waals surface area contributed by atoms with E-state index in [0.717, 1.165) is 43.9 Å². The molecular formula is C11H17N3O2. The number of carboxylic acids is 1. The molecule has 5 heteroatoms. The van der Waals surface area contributed by atoms with Crippen molar-refractivity contribution in [3.63, 3.8) is 0 Å². The maximum Gasteiger partial charge on any atom is 0.356 e. The van der Waals surface area contributed by atoms with Crippen LogP contribution in [0.1, 0.15) is 35.6 Å². The van der Waals surface area contributed by atoms with Crippen molar-refractivity contribution in [1.29, 1.82) is 0 Å². The molecule has 16 heavy (non-hydrogen) atoms. The third-order valence-electron chi connectivity index (χ3n) is 3.17. The lowest BCUT2D eigenvalue weighted by Crippen LogP contribution is -2.31. The van der Waals surface area contributed by atoms with Crippen LogP contribution < -0.4 is 0 Å². The van der Waals surface area contributed by atoms with Crippen molar-refractivity contribution in [2.75, 3.05) is 13.1 Å². The molecule has 1 aromatic heterocycles. The largest absolute Gasteiger partial charge is 0.476 e. The summed E-state index contributed by atoms with van der Waals surface area (Å²) in [4.78, 5) is 13.4. The molecule has 0 unspecified atom stereocenters. The number of fused-ring (bicyclic) bond motifs is 1. The number of nitrogens with zero attached hydrogens (tertiary/aromatic N) is 3. The molecule has 5 nitrogen and oxygen atoms in total. The summed E-state index contributed by atoms with van der Waals surface area (Å²) >= 11 is 0.